The van der Waals surface area contributed by atoms with Gasteiger partial charge in [0.05, 0.1) is 6.61 Å². The van der Waals surface area contributed by atoms with Gasteiger partial charge in [-0.05, 0) is 19.1 Å². The van der Waals surface area contributed by atoms with Gasteiger partial charge in [0, 0.05) is 0 Å². The third-order valence-corrected chi connectivity index (χ3v) is 5.84. The van der Waals surface area contributed by atoms with E-state index in [0.29, 0.717) is 0 Å². The number of hydrogen-bond acceptors (Lipinski definition) is 6. The Kier molecular flexibility index (Phi) is 6.38. The minimum absolute atomic E-state index is 0.429. The number of hydrogen-bond donors (Lipinski definition) is 4. The van der Waals surface area contributed by atoms with E-state index in [1.54, 1.807) is 0 Å². The zero-order chi connectivity index (χ0) is 14.6. The van der Waals surface area contributed by atoms with Crippen LogP contribution in [0.2, 0.25) is 19.1 Å². The second-order valence-corrected chi connectivity index (χ2v) is 9.93. The highest BCUT2D eigenvalue weighted by molar-refractivity contribution is 6.71. The first-order valence-corrected chi connectivity index (χ1v) is 9.92. The molecule has 19 heavy (non-hydrogen) atoms. The van der Waals surface area contributed by atoms with Gasteiger partial charge in [-0.3, -0.25) is 0 Å². The van der Waals surface area contributed by atoms with Crippen LogP contribution in [0.4, 0.5) is 0 Å². The summed E-state index contributed by atoms with van der Waals surface area (Å²) in [6.07, 6.45) is -3.79. The summed E-state index contributed by atoms with van der Waals surface area (Å²) in [4.78, 5) is 0. The Bertz CT molecular complexity index is 273. The molecule has 0 aromatic heterocycles. The van der Waals surface area contributed by atoms with Crippen molar-refractivity contribution >= 4 is 8.32 Å². The van der Waals surface area contributed by atoms with Crippen LogP contribution in [0.25, 0.3) is 0 Å². The topological polar surface area (TPSA) is 99.4 Å². The van der Waals surface area contributed by atoms with Crippen molar-refractivity contribution in [2.75, 3.05) is 6.61 Å². The Labute approximate surface area is 115 Å². The Balaban J connectivity index is 2.65. The minimum atomic E-state index is -2.01. The monoisotopic (exact) mass is 294 g/mol. The molecule has 1 aliphatic rings. The lowest BCUT2D eigenvalue weighted by Gasteiger charge is -2.42. The first-order chi connectivity index (χ1) is 8.82. The minimum Gasteiger partial charge on any atom is -0.394 e. The van der Waals surface area contributed by atoms with Crippen molar-refractivity contribution in [3.05, 3.63) is 0 Å². The average Bonchev–Trinajstić information content (AvgIpc) is 2.37. The molecule has 0 spiro atoms. The van der Waals surface area contributed by atoms with Crippen molar-refractivity contribution in [3.8, 4) is 0 Å². The number of ether oxygens (including phenoxy) is 1. The van der Waals surface area contributed by atoms with E-state index >= 15 is 0 Å². The highest BCUT2D eigenvalue weighted by atomic mass is 28.4. The molecule has 1 aliphatic heterocycles. The first-order valence-electron chi connectivity index (χ1n) is 6.80. The van der Waals surface area contributed by atoms with Crippen molar-refractivity contribution in [2.45, 2.75) is 69.6 Å². The van der Waals surface area contributed by atoms with Crippen LogP contribution in [0.1, 0.15) is 19.8 Å². The van der Waals surface area contributed by atoms with Gasteiger partial charge in [0.25, 0.3) is 0 Å². The van der Waals surface area contributed by atoms with Crippen LogP contribution >= 0.6 is 0 Å². The van der Waals surface area contributed by atoms with Crippen LogP contribution in [-0.4, -0.2) is 66.1 Å². The van der Waals surface area contributed by atoms with E-state index in [4.69, 9.17) is 14.3 Å². The molecule has 4 N–H and O–H groups in total. The fraction of sp³-hybridized carbons (Fsp3) is 1.00. The molecule has 0 aromatic carbocycles. The van der Waals surface area contributed by atoms with Gasteiger partial charge in [-0.15, -0.1) is 0 Å². The molecule has 0 aromatic rings. The Morgan fingerprint density at radius 1 is 1.11 bits per heavy atom. The van der Waals surface area contributed by atoms with Crippen molar-refractivity contribution in [3.63, 3.8) is 0 Å². The smallest absolute Gasteiger partial charge is 0.190 e. The van der Waals surface area contributed by atoms with Crippen molar-refractivity contribution in [1.82, 2.24) is 0 Å². The van der Waals surface area contributed by atoms with Crippen LogP contribution in [0, 0.1) is 0 Å². The molecule has 0 bridgehead atoms. The second-order valence-electron chi connectivity index (χ2n) is 5.68. The average molecular weight is 294 g/mol. The molecule has 114 valence electrons. The highest BCUT2D eigenvalue weighted by Crippen LogP contribution is 2.26. The lowest BCUT2D eigenvalue weighted by atomic mass is 10.00. The van der Waals surface area contributed by atoms with Gasteiger partial charge in [-0.1, -0.05) is 19.8 Å². The summed E-state index contributed by atoms with van der Waals surface area (Å²) in [7, 11) is -2.01. The largest absolute Gasteiger partial charge is 0.394 e. The molecule has 0 aliphatic carbocycles. The number of rotatable bonds is 6. The van der Waals surface area contributed by atoms with E-state index in [9.17, 15) is 15.3 Å². The van der Waals surface area contributed by atoms with Gasteiger partial charge in [0.1, 0.15) is 24.4 Å². The van der Waals surface area contributed by atoms with Crippen LogP contribution in [0.5, 0.6) is 0 Å². The zero-order valence-corrected chi connectivity index (χ0v) is 12.8. The number of unbranched alkanes of at least 4 members (excludes halogenated alkanes) is 1. The van der Waals surface area contributed by atoms with Crippen LogP contribution in [0.3, 0.4) is 0 Å². The molecule has 6 nitrogen and oxygen atoms in total. The van der Waals surface area contributed by atoms with Crippen LogP contribution in [0.15, 0.2) is 0 Å². The van der Waals surface area contributed by atoms with Crippen molar-refractivity contribution < 1.29 is 29.6 Å². The van der Waals surface area contributed by atoms with Crippen molar-refractivity contribution in [1.29, 1.82) is 0 Å². The van der Waals surface area contributed by atoms with E-state index < -0.39 is 45.6 Å². The summed E-state index contributed by atoms with van der Waals surface area (Å²) in [6, 6.07) is 0.929. The van der Waals surface area contributed by atoms with Crippen LogP contribution in [-0.2, 0) is 9.16 Å². The fourth-order valence-corrected chi connectivity index (χ4v) is 4.29. The maximum absolute atomic E-state index is 9.89. The van der Waals surface area contributed by atoms with Gasteiger partial charge in [-0.2, -0.15) is 0 Å². The summed E-state index contributed by atoms with van der Waals surface area (Å²) in [6.45, 7) is 5.70. The summed E-state index contributed by atoms with van der Waals surface area (Å²) in [5.74, 6) is 0. The van der Waals surface area contributed by atoms with Crippen LogP contribution < -0.4 is 0 Å². The van der Waals surface area contributed by atoms with Gasteiger partial charge >= 0.3 is 0 Å². The molecule has 0 radical (unpaired) electrons. The molecule has 1 fully saturated rings. The quantitative estimate of drug-likeness (QED) is 0.507. The molecule has 1 heterocycles. The molecule has 7 heteroatoms. The SMILES string of the molecule is CCCC[Si](C)(C)O[C@H]1O[C@H](CO)[C@H](O)[C@H](O)[C@H]1O. The third-order valence-electron chi connectivity index (χ3n) is 3.42. The Hall–Kier alpha value is -0.0231. The third kappa shape index (κ3) is 4.49. The summed E-state index contributed by atoms with van der Waals surface area (Å²) in [5, 5.41) is 38.4. The maximum atomic E-state index is 9.89. The lowest BCUT2D eigenvalue weighted by molar-refractivity contribution is -0.280. The van der Waals surface area contributed by atoms with E-state index in [-0.39, 0.29) is 0 Å². The maximum Gasteiger partial charge on any atom is 0.190 e. The molecule has 5 atom stereocenters. The Morgan fingerprint density at radius 2 is 1.74 bits per heavy atom. The number of aliphatic hydroxyl groups is 4. The standard InChI is InChI=1S/C12H26O6Si/c1-4-5-6-19(2,3)18-12-11(16)10(15)9(14)8(7-13)17-12/h8-16H,4-7H2,1-3H3/t8-,9+,10+,11-,12-/m1/s1. The molecular weight excluding hydrogens is 268 g/mol. The highest BCUT2D eigenvalue weighted by Gasteiger charge is 2.45. The zero-order valence-electron chi connectivity index (χ0n) is 11.8. The van der Waals surface area contributed by atoms with Crippen molar-refractivity contribution in [2.24, 2.45) is 0 Å². The predicted octanol–water partition coefficient (Wildman–Crippen LogP) is -0.192. The van der Waals surface area contributed by atoms with Gasteiger partial charge in [-0.25, -0.2) is 0 Å². The van der Waals surface area contributed by atoms with E-state index in [1.165, 1.54) is 0 Å². The summed E-state index contributed by atoms with van der Waals surface area (Å²) >= 11 is 0. The molecule has 0 unspecified atom stereocenters. The first kappa shape index (κ1) is 17.0. The van der Waals surface area contributed by atoms with E-state index in [2.05, 4.69) is 6.92 Å². The Morgan fingerprint density at radius 3 is 2.26 bits per heavy atom. The summed E-state index contributed by atoms with van der Waals surface area (Å²) in [5.41, 5.74) is 0. The predicted molar refractivity (Wildman–Crippen MR) is 72.0 cm³/mol. The lowest BCUT2D eigenvalue weighted by Crippen LogP contribution is -2.60. The van der Waals surface area contributed by atoms with Gasteiger partial charge in [0.2, 0.25) is 0 Å². The fourth-order valence-electron chi connectivity index (χ4n) is 2.14. The molecule has 0 amide bonds. The molecule has 1 saturated heterocycles. The van der Waals surface area contributed by atoms with Gasteiger partial charge < -0.3 is 29.6 Å². The molecular formula is C12H26O6Si. The normalized spacial score (nSPS) is 36.5. The molecule has 1 rings (SSSR count). The second kappa shape index (κ2) is 7.12. The molecule has 0 saturated carbocycles. The van der Waals surface area contributed by atoms with E-state index in [0.717, 1.165) is 18.9 Å². The van der Waals surface area contributed by atoms with Gasteiger partial charge in [0.15, 0.2) is 14.6 Å². The summed E-state index contributed by atoms with van der Waals surface area (Å²) < 4.78 is 11.2. The van der Waals surface area contributed by atoms with E-state index in [1.807, 2.05) is 13.1 Å². The number of aliphatic hydroxyl groups excluding tert-OH is 4.